The molecular weight excluding hydrogens is 418 g/mol. The lowest BCUT2D eigenvalue weighted by molar-refractivity contribution is 0.104. The van der Waals surface area contributed by atoms with Gasteiger partial charge in [-0.1, -0.05) is 60.7 Å². The summed E-state index contributed by atoms with van der Waals surface area (Å²) in [5.74, 6) is 0.937. The Hall–Kier alpha value is -3.92. The van der Waals surface area contributed by atoms with Crippen molar-refractivity contribution in [3.63, 3.8) is 0 Å². The first-order valence-electron chi connectivity index (χ1n) is 11.7. The monoisotopic (exact) mass is 445 g/mol. The van der Waals surface area contributed by atoms with Gasteiger partial charge in [0.15, 0.2) is 11.4 Å². The number of aromatic nitrogens is 3. The number of allylic oxidation sites excluding steroid dienone is 1. The fraction of sp³-hybridized carbons (Fsp3) is 0.200. The zero-order chi connectivity index (χ0) is 23.6. The number of carbonyl (C=O) groups excluding carboxylic acids is 1. The van der Waals surface area contributed by atoms with Crippen molar-refractivity contribution in [2.75, 3.05) is 0 Å². The van der Waals surface area contributed by atoms with Crippen molar-refractivity contribution in [2.45, 2.75) is 32.7 Å². The number of fused-ring (bicyclic) bond motifs is 3. The zero-order valence-corrected chi connectivity index (χ0v) is 20.0. The van der Waals surface area contributed by atoms with Gasteiger partial charge in [-0.2, -0.15) is 0 Å². The third kappa shape index (κ3) is 3.13. The van der Waals surface area contributed by atoms with Crippen LogP contribution in [0.4, 0.5) is 0 Å². The largest absolute Gasteiger partial charge is 0.327 e. The van der Waals surface area contributed by atoms with E-state index in [4.69, 9.17) is 4.98 Å². The van der Waals surface area contributed by atoms with E-state index in [1.165, 1.54) is 5.39 Å². The highest BCUT2D eigenvalue weighted by molar-refractivity contribution is 6.17. The van der Waals surface area contributed by atoms with Gasteiger partial charge in [-0.05, 0) is 60.9 Å². The number of imidazole rings is 1. The van der Waals surface area contributed by atoms with E-state index in [1.807, 2.05) is 30.3 Å². The van der Waals surface area contributed by atoms with Gasteiger partial charge in [0, 0.05) is 30.1 Å². The lowest BCUT2D eigenvalue weighted by atomic mass is 10.0. The second-order valence-corrected chi connectivity index (χ2v) is 10.2. The molecule has 3 aromatic carbocycles. The number of carbonyl (C=O) groups is 1. The lowest BCUT2D eigenvalue weighted by Crippen LogP contribution is -2.23. The van der Waals surface area contributed by atoms with Crippen molar-refractivity contribution in [1.29, 1.82) is 0 Å². The predicted molar refractivity (Wildman–Crippen MR) is 139 cm³/mol. The average molecular weight is 446 g/mol. The van der Waals surface area contributed by atoms with Crippen LogP contribution in [0, 0.1) is 0 Å². The van der Waals surface area contributed by atoms with Gasteiger partial charge in [0.2, 0.25) is 0 Å². The van der Waals surface area contributed by atoms with E-state index in [-0.39, 0.29) is 11.3 Å². The smallest absolute Gasteiger partial charge is 0.189 e. The molecule has 0 saturated heterocycles. The Labute approximate surface area is 199 Å². The number of rotatable bonds is 2. The van der Waals surface area contributed by atoms with Crippen molar-refractivity contribution in [3.05, 3.63) is 95.3 Å². The predicted octanol–water partition coefficient (Wildman–Crippen LogP) is 6.77. The van der Waals surface area contributed by atoms with Crippen LogP contribution in [-0.2, 0) is 19.0 Å². The van der Waals surface area contributed by atoms with E-state index in [0.717, 1.165) is 50.3 Å². The summed E-state index contributed by atoms with van der Waals surface area (Å²) in [4.78, 5) is 18.4. The Kier molecular flexibility index (Phi) is 4.43. The first-order valence-corrected chi connectivity index (χ1v) is 11.7. The fourth-order valence-corrected chi connectivity index (χ4v) is 5.22. The van der Waals surface area contributed by atoms with Gasteiger partial charge >= 0.3 is 0 Å². The van der Waals surface area contributed by atoms with Crippen LogP contribution in [0.1, 0.15) is 42.5 Å². The van der Waals surface area contributed by atoms with E-state index in [1.54, 1.807) is 0 Å². The van der Waals surface area contributed by atoms with Crippen LogP contribution in [0.3, 0.4) is 0 Å². The maximum absolute atomic E-state index is 13.4. The van der Waals surface area contributed by atoms with Gasteiger partial charge < -0.3 is 9.13 Å². The van der Waals surface area contributed by atoms with Crippen LogP contribution >= 0.6 is 0 Å². The number of benzene rings is 3. The molecule has 0 fully saturated rings. The van der Waals surface area contributed by atoms with E-state index in [0.29, 0.717) is 6.42 Å². The molecule has 6 rings (SSSR count). The summed E-state index contributed by atoms with van der Waals surface area (Å²) in [6.45, 7) is 6.55. The summed E-state index contributed by atoms with van der Waals surface area (Å²) >= 11 is 0. The molecule has 0 spiro atoms. The first kappa shape index (κ1) is 20.7. The van der Waals surface area contributed by atoms with Crippen molar-refractivity contribution < 1.29 is 4.79 Å². The molecule has 0 N–H and O–H groups in total. The molecule has 0 radical (unpaired) electrons. The van der Waals surface area contributed by atoms with Gasteiger partial charge in [0.05, 0.1) is 11.2 Å². The molecule has 0 saturated carbocycles. The zero-order valence-electron chi connectivity index (χ0n) is 20.0. The van der Waals surface area contributed by atoms with Gasteiger partial charge in [0.1, 0.15) is 5.82 Å². The molecule has 2 heterocycles. The quantitative estimate of drug-likeness (QED) is 0.281. The molecule has 0 atom stereocenters. The molecule has 1 aliphatic rings. The molecule has 4 heteroatoms. The number of Topliss-reactive ketones (excluding diaryl/α,β-unsaturated/α-hetero) is 1. The highest BCUT2D eigenvalue weighted by Crippen LogP contribution is 2.35. The minimum atomic E-state index is -0.195. The van der Waals surface area contributed by atoms with Crippen LogP contribution in [0.2, 0.25) is 0 Å². The molecule has 1 aliphatic carbocycles. The Bertz CT molecular complexity index is 1620. The maximum Gasteiger partial charge on any atom is 0.189 e. The van der Waals surface area contributed by atoms with Crippen LogP contribution in [-0.4, -0.2) is 19.9 Å². The summed E-state index contributed by atoms with van der Waals surface area (Å²) in [5.41, 5.74) is 6.82. The van der Waals surface area contributed by atoms with E-state index in [2.05, 4.69) is 85.5 Å². The van der Waals surface area contributed by atoms with Crippen LogP contribution in [0.15, 0.2) is 78.4 Å². The molecule has 0 aliphatic heterocycles. The van der Waals surface area contributed by atoms with E-state index in [9.17, 15) is 4.79 Å². The molecule has 168 valence electrons. The van der Waals surface area contributed by atoms with Crippen LogP contribution < -0.4 is 0 Å². The molecule has 2 aromatic heterocycles. The van der Waals surface area contributed by atoms with Gasteiger partial charge in [0.25, 0.3) is 0 Å². The van der Waals surface area contributed by atoms with Crippen molar-refractivity contribution >= 4 is 33.8 Å². The third-order valence-corrected chi connectivity index (χ3v) is 6.80. The van der Waals surface area contributed by atoms with E-state index >= 15 is 0 Å². The number of hydrogen-bond donors (Lipinski definition) is 0. The minimum absolute atomic E-state index is 0.109. The van der Waals surface area contributed by atoms with E-state index < -0.39 is 0 Å². The summed E-state index contributed by atoms with van der Waals surface area (Å²) in [5, 5.41) is 2.27. The SMILES string of the molecule is Cn1c(-c2ccccc2)cc2c1nc(/C=C1\Cc3cc4ccccc4cc3C1=O)n2C(C)(C)C. The summed E-state index contributed by atoms with van der Waals surface area (Å²) in [6.07, 6.45) is 2.64. The van der Waals surface area contributed by atoms with Gasteiger partial charge in [-0.3, -0.25) is 4.79 Å². The molecule has 34 heavy (non-hydrogen) atoms. The topological polar surface area (TPSA) is 39.8 Å². The molecule has 0 bridgehead atoms. The van der Waals surface area contributed by atoms with Crippen LogP contribution in [0.5, 0.6) is 0 Å². The number of nitrogens with zero attached hydrogens (tertiary/aromatic N) is 3. The summed E-state index contributed by atoms with van der Waals surface area (Å²) < 4.78 is 4.40. The van der Waals surface area contributed by atoms with Crippen molar-refractivity contribution in [2.24, 2.45) is 7.05 Å². The Morgan fingerprint density at radius 3 is 2.29 bits per heavy atom. The van der Waals surface area contributed by atoms with Gasteiger partial charge in [-0.25, -0.2) is 4.98 Å². The molecule has 0 amide bonds. The Morgan fingerprint density at radius 1 is 0.912 bits per heavy atom. The summed E-state index contributed by atoms with van der Waals surface area (Å²) in [6, 6.07) is 25.0. The molecular formula is C30H27N3O. The molecule has 5 aromatic rings. The standard InChI is InChI=1S/C30H27N3O/c1-30(2,3)33-26-18-25(19-10-6-5-7-11-19)32(4)29(26)31-27(33)17-23-15-22-14-20-12-8-9-13-21(20)16-24(22)28(23)34/h5-14,16-18H,15H2,1-4H3/b23-17+. The number of hydrogen-bond acceptors (Lipinski definition) is 2. The average Bonchev–Trinajstić information content (AvgIpc) is 3.43. The second kappa shape index (κ2) is 7.29. The number of aryl methyl sites for hydroxylation is 1. The van der Waals surface area contributed by atoms with Gasteiger partial charge in [-0.15, -0.1) is 0 Å². The maximum atomic E-state index is 13.4. The second-order valence-electron chi connectivity index (χ2n) is 10.2. The first-order chi connectivity index (χ1) is 16.3. The van der Waals surface area contributed by atoms with Crippen molar-refractivity contribution in [1.82, 2.24) is 14.1 Å². The molecule has 4 nitrogen and oxygen atoms in total. The van der Waals surface area contributed by atoms with Crippen molar-refractivity contribution in [3.8, 4) is 11.3 Å². The normalized spacial score (nSPS) is 15.1. The minimum Gasteiger partial charge on any atom is -0.327 e. The Morgan fingerprint density at radius 2 is 1.59 bits per heavy atom. The lowest BCUT2D eigenvalue weighted by Gasteiger charge is -2.23. The summed E-state index contributed by atoms with van der Waals surface area (Å²) in [7, 11) is 2.06. The Balaban J connectivity index is 1.49. The van der Waals surface area contributed by atoms with Crippen LogP contribution in [0.25, 0.3) is 39.3 Å². The highest BCUT2D eigenvalue weighted by Gasteiger charge is 2.28. The number of ketones is 1. The highest BCUT2D eigenvalue weighted by atomic mass is 16.1. The third-order valence-electron chi connectivity index (χ3n) is 6.80. The molecule has 0 unspecified atom stereocenters. The fourth-order valence-electron chi connectivity index (χ4n) is 5.22.